The van der Waals surface area contributed by atoms with Crippen LogP contribution in [0.25, 0.3) is 0 Å². The molecule has 1 amide bonds. The number of amides is 1. The van der Waals surface area contributed by atoms with E-state index < -0.39 is 7.12 Å². The van der Waals surface area contributed by atoms with Gasteiger partial charge in [0.1, 0.15) is 0 Å². The fourth-order valence-electron chi connectivity index (χ4n) is 2.88. The number of nitrogens with zero attached hydrogens (tertiary/aromatic N) is 2. The number of unbranched alkanes of at least 4 members (excludes halogenated alkanes) is 1. The first-order valence-corrected chi connectivity index (χ1v) is 8.39. The van der Waals surface area contributed by atoms with E-state index in [0.717, 1.165) is 51.6 Å². The van der Waals surface area contributed by atoms with Crippen LogP contribution in [0.15, 0.2) is 0 Å². The van der Waals surface area contributed by atoms with Gasteiger partial charge in [0.2, 0.25) is 5.91 Å². The number of rotatable bonds is 9. The molecule has 0 aromatic heterocycles. The van der Waals surface area contributed by atoms with Crippen molar-refractivity contribution in [1.82, 2.24) is 9.80 Å². The van der Waals surface area contributed by atoms with Crippen LogP contribution in [0.2, 0.25) is 6.32 Å². The average molecular weight is 343 g/mol. The molecular weight excluding hydrogens is 313 g/mol. The number of hydrogen-bond acceptors (Lipinski definition) is 7. The second-order valence-electron chi connectivity index (χ2n) is 6.32. The molecule has 0 aliphatic carbocycles. The zero-order valence-electron chi connectivity index (χ0n) is 14.7. The van der Waals surface area contributed by atoms with Gasteiger partial charge in [0.15, 0.2) is 0 Å². The fraction of sp³-hybridized carbons (Fsp3) is 0.867. The maximum atomic E-state index is 12.1. The van der Waals surface area contributed by atoms with E-state index in [9.17, 15) is 4.79 Å². The van der Waals surface area contributed by atoms with Gasteiger partial charge in [-0.15, -0.1) is 0 Å². The van der Waals surface area contributed by atoms with Crippen molar-refractivity contribution in [3.8, 4) is 0 Å². The van der Waals surface area contributed by atoms with Crippen LogP contribution in [0.4, 0.5) is 0 Å². The van der Waals surface area contributed by atoms with Crippen molar-refractivity contribution in [2.45, 2.75) is 56.9 Å². The topological polar surface area (TPSA) is 124 Å². The summed E-state index contributed by atoms with van der Waals surface area (Å²) in [5.41, 5.74) is 6.10. The SMILES string of the molecule is CN(C)C(=O)C1CCCN1CCC(N)CCCCB(O)O.O=C=O. The van der Waals surface area contributed by atoms with Gasteiger partial charge in [-0.3, -0.25) is 9.69 Å². The Bertz CT molecular complexity index is 389. The summed E-state index contributed by atoms with van der Waals surface area (Å²) in [7, 11) is 2.41. The molecule has 4 N–H and O–H groups in total. The van der Waals surface area contributed by atoms with Crippen LogP contribution in [0.5, 0.6) is 0 Å². The molecule has 1 saturated heterocycles. The average Bonchev–Trinajstić information content (AvgIpc) is 2.97. The minimum absolute atomic E-state index is 0.0248. The van der Waals surface area contributed by atoms with E-state index in [0.29, 0.717) is 6.32 Å². The number of nitrogens with two attached hydrogens (primary N) is 1. The Morgan fingerprint density at radius 2 is 1.96 bits per heavy atom. The number of hydrogen-bond donors (Lipinski definition) is 3. The summed E-state index contributed by atoms with van der Waals surface area (Å²) in [5, 5.41) is 17.5. The lowest BCUT2D eigenvalue weighted by atomic mass is 9.83. The Kier molecular flexibility index (Phi) is 12.4. The van der Waals surface area contributed by atoms with Gasteiger partial charge >= 0.3 is 13.3 Å². The normalized spacial score (nSPS) is 18.3. The van der Waals surface area contributed by atoms with Crippen LogP contribution >= 0.6 is 0 Å². The zero-order chi connectivity index (χ0) is 18.5. The van der Waals surface area contributed by atoms with Gasteiger partial charge in [-0.25, -0.2) is 0 Å². The summed E-state index contributed by atoms with van der Waals surface area (Å²) in [4.78, 5) is 32.2. The molecule has 1 aliphatic heterocycles. The lowest BCUT2D eigenvalue weighted by Gasteiger charge is -2.27. The highest BCUT2D eigenvalue weighted by atomic mass is 16.4. The van der Waals surface area contributed by atoms with Crippen LogP contribution in [0.3, 0.4) is 0 Å². The third-order valence-corrected chi connectivity index (χ3v) is 4.16. The molecule has 0 aromatic rings. The summed E-state index contributed by atoms with van der Waals surface area (Å²) in [5.74, 6) is 0.193. The molecular formula is C15H30BN3O5. The molecule has 0 bridgehead atoms. The quantitative estimate of drug-likeness (QED) is 0.374. The van der Waals surface area contributed by atoms with Crippen LogP contribution in [-0.4, -0.2) is 78.3 Å². The molecule has 8 nitrogen and oxygen atoms in total. The smallest absolute Gasteiger partial charge is 0.427 e. The highest BCUT2D eigenvalue weighted by Crippen LogP contribution is 2.19. The first-order valence-electron chi connectivity index (χ1n) is 8.39. The predicted octanol–water partition coefficient (Wildman–Crippen LogP) is -0.684. The third-order valence-electron chi connectivity index (χ3n) is 4.16. The van der Waals surface area contributed by atoms with Crippen molar-refractivity contribution in [2.24, 2.45) is 5.73 Å². The Morgan fingerprint density at radius 3 is 2.50 bits per heavy atom. The zero-order valence-corrected chi connectivity index (χ0v) is 14.7. The Hall–Kier alpha value is -1.25. The van der Waals surface area contributed by atoms with Crippen LogP contribution in [0.1, 0.15) is 38.5 Å². The minimum atomic E-state index is -1.20. The molecule has 1 fully saturated rings. The molecule has 138 valence electrons. The van der Waals surface area contributed by atoms with E-state index in [2.05, 4.69) is 4.90 Å². The first kappa shape index (κ1) is 22.8. The maximum Gasteiger partial charge on any atom is 0.451 e. The van der Waals surface area contributed by atoms with Crippen molar-refractivity contribution in [3.05, 3.63) is 0 Å². The largest absolute Gasteiger partial charge is 0.451 e. The molecule has 1 rings (SSSR count). The van der Waals surface area contributed by atoms with Gasteiger partial charge in [0.05, 0.1) is 6.04 Å². The monoisotopic (exact) mass is 343 g/mol. The number of carbonyl (C=O) groups is 1. The van der Waals surface area contributed by atoms with Crippen LogP contribution in [-0.2, 0) is 14.4 Å². The van der Waals surface area contributed by atoms with E-state index in [1.54, 1.807) is 19.0 Å². The van der Waals surface area contributed by atoms with Crippen LogP contribution in [0, 0.1) is 0 Å². The summed E-state index contributed by atoms with van der Waals surface area (Å²) in [6, 6.07) is 0.147. The summed E-state index contributed by atoms with van der Waals surface area (Å²) < 4.78 is 0. The van der Waals surface area contributed by atoms with Crippen molar-refractivity contribution < 1.29 is 24.4 Å². The van der Waals surface area contributed by atoms with Gasteiger partial charge in [-0.2, -0.15) is 9.59 Å². The molecule has 24 heavy (non-hydrogen) atoms. The Labute approximate surface area is 144 Å². The van der Waals surface area contributed by atoms with Crippen molar-refractivity contribution in [1.29, 1.82) is 0 Å². The lowest BCUT2D eigenvalue weighted by molar-refractivity contribution is -0.191. The van der Waals surface area contributed by atoms with Gasteiger partial charge < -0.3 is 20.7 Å². The molecule has 9 heteroatoms. The van der Waals surface area contributed by atoms with E-state index in [1.807, 2.05) is 0 Å². The van der Waals surface area contributed by atoms with E-state index >= 15 is 0 Å². The molecule has 2 atom stereocenters. The number of carbonyl (C=O) groups excluding carboxylic acids is 3. The van der Waals surface area contributed by atoms with Crippen molar-refractivity contribution in [3.63, 3.8) is 0 Å². The molecule has 1 heterocycles. The Balaban J connectivity index is 0.00000163. The predicted molar refractivity (Wildman–Crippen MR) is 89.7 cm³/mol. The maximum absolute atomic E-state index is 12.1. The van der Waals surface area contributed by atoms with Gasteiger partial charge in [-0.1, -0.05) is 12.8 Å². The molecule has 0 spiro atoms. The van der Waals surface area contributed by atoms with Gasteiger partial charge in [0, 0.05) is 26.7 Å². The molecule has 2 unspecified atom stereocenters. The summed E-state index contributed by atoms with van der Waals surface area (Å²) in [6.07, 6.45) is 6.17. The Morgan fingerprint density at radius 1 is 1.33 bits per heavy atom. The lowest BCUT2D eigenvalue weighted by Crippen LogP contribution is -2.44. The van der Waals surface area contributed by atoms with Gasteiger partial charge in [0.25, 0.3) is 0 Å². The summed E-state index contributed by atoms with van der Waals surface area (Å²) in [6.45, 7) is 1.85. The van der Waals surface area contributed by atoms with Crippen molar-refractivity contribution >= 4 is 19.2 Å². The van der Waals surface area contributed by atoms with Gasteiger partial charge in [-0.05, 0) is 38.5 Å². The fourth-order valence-corrected chi connectivity index (χ4v) is 2.88. The molecule has 0 aromatic carbocycles. The van der Waals surface area contributed by atoms with E-state index in [1.165, 1.54) is 0 Å². The first-order chi connectivity index (χ1) is 11.3. The third kappa shape index (κ3) is 9.80. The standard InChI is InChI=1S/C14H30BN3O3.CO2/c1-17(2)14(19)13-7-5-10-18(13)11-8-12(16)6-3-4-9-15(20)21;2-1-3/h12-13,20-21H,3-11,16H2,1-2H3;. The minimum Gasteiger partial charge on any atom is -0.427 e. The van der Waals surface area contributed by atoms with E-state index in [-0.39, 0.29) is 24.1 Å². The summed E-state index contributed by atoms with van der Waals surface area (Å²) >= 11 is 0. The second kappa shape index (κ2) is 13.1. The highest BCUT2D eigenvalue weighted by Gasteiger charge is 2.31. The number of likely N-dealkylation sites (N-methyl/N-ethyl adjacent to an activating group) is 1. The highest BCUT2D eigenvalue weighted by molar-refractivity contribution is 6.40. The molecule has 0 saturated carbocycles. The number of likely N-dealkylation sites (tertiary alicyclic amines) is 1. The van der Waals surface area contributed by atoms with Crippen LogP contribution < -0.4 is 5.73 Å². The molecule has 0 radical (unpaired) electrons. The van der Waals surface area contributed by atoms with Crippen molar-refractivity contribution in [2.75, 3.05) is 27.2 Å². The molecule has 1 aliphatic rings. The second-order valence-corrected chi connectivity index (χ2v) is 6.32. The van der Waals surface area contributed by atoms with E-state index in [4.69, 9.17) is 25.4 Å².